The molecule has 0 bridgehead atoms. The van der Waals surface area contributed by atoms with Crippen molar-refractivity contribution in [1.29, 1.82) is 0 Å². The van der Waals surface area contributed by atoms with Crippen LogP contribution in [0.4, 0.5) is 0 Å². The number of primary amides is 1. The Bertz CT molecular complexity index is 421. The Morgan fingerprint density at radius 3 is 2.44 bits per heavy atom. The summed E-state index contributed by atoms with van der Waals surface area (Å²) in [5, 5.41) is 0. The number of quaternary nitrogens is 1. The van der Waals surface area contributed by atoms with E-state index >= 15 is 0 Å². The zero-order valence-electron chi connectivity index (χ0n) is 11.3. The van der Waals surface area contributed by atoms with Gasteiger partial charge in [-0.25, -0.2) is 0 Å². The van der Waals surface area contributed by atoms with Crippen molar-refractivity contribution in [1.82, 2.24) is 0 Å². The van der Waals surface area contributed by atoms with Crippen molar-refractivity contribution in [3.8, 4) is 11.5 Å². The summed E-state index contributed by atoms with van der Waals surface area (Å²) in [4.78, 5) is 12.1. The number of methoxy groups -OCH3 is 2. The minimum absolute atomic E-state index is 0.224. The fourth-order valence-electron chi connectivity index (χ4n) is 1.71. The zero-order valence-corrected chi connectivity index (χ0v) is 11.3. The number of likely N-dealkylation sites (N-methyl/N-ethyl adjacent to an activating group) is 1. The molecule has 0 aliphatic carbocycles. The third kappa shape index (κ3) is 3.37. The molecule has 0 aliphatic rings. The van der Waals surface area contributed by atoms with Gasteiger partial charge in [0.1, 0.15) is 6.54 Å². The molecule has 0 radical (unpaired) electrons. The van der Waals surface area contributed by atoms with E-state index in [1.807, 2.05) is 32.2 Å². The Hall–Kier alpha value is -1.75. The van der Waals surface area contributed by atoms with Gasteiger partial charge in [-0.3, -0.25) is 4.79 Å². The monoisotopic (exact) mass is 253 g/mol. The van der Waals surface area contributed by atoms with Crippen LogP contribution in [0.15, 0.2) is 18.2 Å². The second kappa shape index (κ2) is 6.26. The zero-order chi connectivity index (χ0) is 13.7. The Morgan fingerprint density at radius 2 is 1.94 bits per heavy atom. The van der Waals surface area contributed by atoms with Gasteiger partial charge in [0.25, 0.3) is 5.91 Å². The van der Waals surface area contributed by atoms with Crippen molar-refractivity contribution in [2.75, 3.05) is 21.3 Å². The molecule has 100 valence electrons. The minimum Gasteiger partial charge on any atom is -0.493 e. The number of hydrogen-bond donors (Lipinski definition) is 2. The first-order valence-corrected chi connectivity index (χ1v) is 5.82. The highest BCUT2D eigenvalue weighted by molar-refractivity contribution is 5.77. The van der Waals surface area contributed by atoms with E-state index in [2.05, 4.69) is 0 Å². The molecule has 0 saturated heterocycles. The van der Waals surface area contributed by atoms with Crippen LogP contribution in [0.2, 0.25) is 0 Å². The van der Waals surface area contributed by atoms with E-state index in [-0.39, 0.29) is 11.9 Å². The fourth-order valence-corrected chi connectivity index (χ4v) is 1.71. The Morgan fingerprint density at radius 1 is 1.33 bits per heavy atom. The van der Waals surface area contributed by atoms with Crippen molar-refractivity contribution in [2.24, 2.45) is 5.73 Å². The first kappa shape index (κ1) is 14.3. The summed E-state index contributed by atoms with van der Waals surface area (Å²) in [7, 11) is 5.14. The molecule has 0 spiro atoms. The quantitative estimate of drug-likeness (QED) is 0.724. The predicted octanol–water partition coefficient (Wildman–Crippen LogP) is -0.408. The highest BCUT2D eigenvalue weighted by Gasteiger charge is 2.19. The third-order valence-electron chi connectivity index (χ3n) is 3.10. The Balaban J connectivity index is 2.82. The van der Waals surface area contributed by atoms with Crippen LogP contribution < -0.4 is 20.1 Å². The second-order valence-electron chi connectivity index (χ2n) is 4.34. The first-order chi connectivity index (χ1) is 8.49. The number of nitrogens with one attached hydrogen (secondary N) is 1. The lowest BCUT2D eigenvalue weighted by Gasteiger charge is -2.19. The summed E-state index contributed by atoms with van der Waals surface area (Å²) in [5.41, 5.74) is 6.36. The summed E-state index contributed by atoms with van der Waals surface area (Å²) in [5.74, 6) is 1.09. The van der Waals surface area contributed by atoms with Crippen LogP contribution in [-0.2, 0) is 11.3 Å². The molecule has 0 heterocycles. The molecule has 0 aromatic heterocycles. The van der Waals surface area contributed by atoms with Gasteiger partial charge in [0, 0.05) is 5.56 Å². The molecule has 3 N–H and O–H groups in total. The lowest BCUT2D eigenvalue weighted by Crippen LogP contribution is -3.12. The smallest absolute Gasteiger partial charge is 0.275 e. The molecule has 5 heteroatoms. The summed E-state index contributed by atoms with van der Waals surface area (Å²) in [6, 6.07) is 5.50. The van der Waals surface area contributed by atoms with Crippen molar-refractivity contribution >= 4 is 5.91 Å². The number of ether oxygens (including phenoxy) is 2. The molecule has 18 heavy (non-hydrogen) atoms. The van der Waals surface area contributed by atoms with Gasteiger partial charge in [-0.05, 0) is 25.1 Å². The number of carbonyl (C=O) groups is 1. The van der Waals surface area contributed by atoms with E-state index in [1.165, 1.54) is 0 Å². The van der Waals surface area contributed by atoms with E-state index in [0.717, 1.165) is 10.5 Å². The highest BCUT2D eigenvalue weighted by atomic mass is 16.5. The molecule has 0 saturated carbocycles. The Kier molecular flexibility index (Phi) is 4.97. The minimum atomic E-state index is -0.298. The van der Waals surface area contributed by atoms with Crippen LogP contribution in [0.25, 0.3) is 0 Å². The highest BCUT2D eigenvalue weighted by Crippen LogP contribution is 2.27. The molecule has 0 aliphatic heterocycles. The van der Waals surface area contributed by atoms with Gasteiger partial charge in [-0.2, -0.15) is 0 Å². The molecule has 1 amide bonds. The van der Waals surface area contributed by atoms with Gasteiger partial charge >= 0.3 is 0 Å². The Labute approximate surface area is 107 Å². The number of rotatable bonds is 6. The van der Waals surface area contributed by atoms with Crippen LogP contribution in [-0.4, -0.2) is 33.2 Å². The molecule has 1 rings (SSSR count). The SMILES string of the molecule is COc1ccc(C[NH+](C)[C@@H](C)C(N)=O)cc1OC. The van der Waals surface area contributed by atoms with E-state index < -0.39 is 0 Å². The van der Waals surface area contributed by atoms with Crippen LogP contribution >= 0.6 is 0 Å². The van der Waals surface area contributed by atoms with Crippen LogP contribution in [0.5, 0.6) is 11.5 Å². The summed E-state index contributed by atoms with van der Waals surface area (Å²) in [6.07, 6.45) is 0. The van der Waals surface area contributed by atoms with Gasteiger partial charge in [-0.1, -0.05) is 0 Å². The van der Waals surface area contributed by atoms with Crippen LogP contribution in [0.3, 0.4) is 0 Å². The lowest BCUT2D eigenvalue weighted by molar-refractivity contribution is -0.908. The molecule has 5 nitrogen and oxygen atoms in total. The van der Waals surface area contributed by atoms with E-state index in [0.29, 0.717) is 18.0 Å². The van der Waals surface area contributed by atoms with Crippen molar-refractivity contribution < 1.29 is 19.2 Å². The number of amides is 1. The van der Waals surface area contributed by atoms with E-state index in [4.69, 9.17) is 15.2 Å². The molecular weight excluding hydrogens is 232 g/mol. The van der Waals surface area contributed by atoms with Gasteiger partial charge in [0.2, 0.25) is 0 Å². The third-order valence-corrected chi connectivity index (χ3v) is 3.10. The summed E-state index contributed by atoms with van der Waals surface area (Å²) < 4.78 is 10.4. The first-order valence-electron chi connectivity index (χ1n) is 5.82. The average molecular weight is 253 g/mol. The fraction of sp³-hybridized carbons (Fsp3) is 0.462. The lowest BCUT2D eigenvalue weighted by atomic mass is 10.1. The topological polar surface area (TPSA) is 66.0 Å². The molecular formula is C13H21N2O3+. The molecule has 0 fully saturated rings. The van der Waals surface area contributed by atoms with Crippen molar-refractivity contribution in [3.05, 3.63) is 23.8 Å². The number of hydrogen-bond acceptors (Lipinski definition) is 3. The maximum atomic E-state index is 11.1. The number of nitrogens with two attached hydrogens (primary N) is 1. The van der Waals surface area contributed by atoms with Crippen LogP contribution in [0.1, 0.15) is 12.5 Å². The van der Waals surface area contributed by atoms with Gasteiger partial charge in [-0.15, -0.1) is 0 Å². The maximum absolute atomic E-state index is 11.1. The second-order valence-corrected chi connectivity index (χ2v) is 4.34. The van der Waals surface area contributed by atoms with E-state index in [1.54, 1.807) is 14.2 Å². The van der Waals surface area contributed by atoms with E-state index in [9.17, 15) is 4.79 Å². The van der Waals surface area contributed by atoms with Gasteiger partial charge in [0.05, 0.1) is 21.3 Å². The predicted molar refractivity (Wildman–Crippen MR) is 68.8 cm³/mol. The van der Waals surface area contributed by atoms with Crippen LogP contribution in [0, 0.1) is 0 Å². The molecule has 1 unspecified atom stereocenters. The van der Waals surface area contributed by atoms with Crippen molar-refractivity contribution in [3.63, 3.8) is 0 Å². The maximum Gasteiger partial charge on any atom is 0.275 e. The van der Waals surface area contributed by atoms with Gasteiger partial charge < -0.3 is 20.1 Å². The summed E-state index contributed by atoms with van der Waals surface area (Å²) in [6.45, 7) is 2.52. The molecule has 1 aromatic rings. The average Bonchev–Trinajstić information content (AvgIpc) is 2.37. The standard InChI is InChI=1S/C13H20N2O3/c1-9(13(14)16)15(2)8-10-5-6-11(17-3)12(7-10)18-4/h5-7,9H,8H2,1-4H3,(H2,14,16)/p+1/t9-/m0/s1. The number of carbonyl (C=O) groups excluding carboxylic acids is 1. The largest absolute Gasteiger partial charge is 0.493 e. The number of benzene rings is 1. The normalized spacial score (nSPS) is 13.8. The molecule has 2 atom stereocenters. The van der Waals surface area contributed by atoms with Gasteiger partial charge in [0.15, 0.2) is 17.5 Å². The molecule has 1 aromatic carbocycles. The van der Waals surface area contributed by atoms with Crippen molar-refractivity contribution in [2.45, 2.75) is 19.5 Å². The summed E-state index contributed by atoms with van der Waals surface area (Å²) >= 11 is 0.